The monoisotopic (exact) mass is 634 g/mol. The van der Waals surface area contributed by atoms with Crippen LogP contribution in [-0.2, 0) is 12.0 Å². The van der Waals surface area contributed by atoms with Crippen molar-refractivity contribution in [3.05, 3.63) is 91.0 Å². The van der Waals surface area contributed by atoms with Crippen LogP contribution in [0.4, 0.5) is 0 Å². The summed E-state index contributed by atoms with van der Waals surface area (Å²) in [5.74, 6) is 1.06. The maximum absolute atomic E-state index is 12.5. The van der Waals surface area contributed by atoms with Crippen LogP contribution in [0.25, 0.3) is 0 Å². The first-order valence-electron chi connectivity index (χ1n) is 10.9. The number of rotatable bonds is 8. The Kier molecular flexibility index (Phi) is 9.13. The Morgan fingerprint density at radius 2 is 1.74 bits per heavy atom. The molecule has 0 saturated carbocycles. The third kappa shape index (κ3) is 7.30. The van der Waals surface area contributed by atoms with E-state index >= 15 is 0 Å². The molecule has 3 aromatic rings. The maximum Gasteiger partial charge on any atom is 0.271 e. The summed E-state index contributed by atoms with van der Waals surface area (Å²) in [4.78, 5) is 12.5. The van der Waals surface area contributed by atoms with Crippen LogP contribution >= 0.6 is 38.5 Å². The number of nitrogens with zero attached hydrogens (tertiary/aromatic N) is 1. The number of halogens is 2. The average Bonchev–Trinajstić information content (AvgIpc) is 2.79. The molecule has 3 aromatic carbocycles. The molecule has 0 aliphatic carbocycles. The van der Waals surface area contributed by atoms with Gasteiger partial charge >= 0.3 is 0 Å². The van der Waals surface area contributed by atoms with Gasteiger partial charge in [-0.05, 0) is 88.0 Å². The Labute approximate surface area is 223 Å². The molecule has 0 aliphatic rings. The zero-order valence-corrected chi connectivity index (χ0v) is 23.4. The third-order valence-corrected chi connectivity index (χ3v) is 6.35. The van der Waals surface area contributed by atoms with Crippen LogP contribution in [0.3, 0.4) is 0 Å². The molecule has 0 fully saturated rings. The van der Waals surface area contributed by atoms with Gasteiger partial charge in [-0.3, -0.25) is 4.79 Å². The highest BCUT2D eigenvalue weighted by Gasteiger charge is 2.15. The van der Waals surface area contributed by atoms with Crippen molar-refractivity contribution in [2.75, 3.05) is 6.61 Å². The zero-order valence-electron chi connectivity index (χ0n) is 19.7. The molecule has 0 bridgehead atoms. The summed E-state index contributed by atoms with van der Waals surface area (Å²) in [6.45, 7) is 9.29. The van der Waals surface area contributed by atoms with Crippen molar-refractivity contribution in [3.8, 4) is 11.5 Å². The van der Waals surface area contributed by atoms with Gasteiger partial charge < -0.3 is 9.47 Å². The van der Waals surface area contributed by atoms with Gasteiger partial charge in [0.15, 0.2) is 11.5 Å². The molecule has 5 nitrogen and oxygen atoms in total. The Morgan fingerprint density at radius 1 is 1.06 bits per heavy atom. The quantitative estimate of drug-likeness (QED) is 0.163. The number of carbonyl (C=O) groups is 1. The summed E-state index contributed by atoms with van der Waals surface area (Å²) >= 11 is 5.67. The molecule has 0 heterocycles. The predicted octanol–water partition coefficient (Wildman–Crippen LogP) is 7.09. The van der Waals surface area contributed by atoms with Gasteiger partial charge in [-0.15, -0.1) is 0 Å². The van der Waals surface area contributed by atoms with E-state index in [0.717, 1.165) is 19.2 Å². The van der Waals surface area contributed by atoms with E-state index in [1.165, 1.54) is 5.56 Å². The number of ether oxygens (including phenoxy) is 2. The summed E-state index contributed by atoms with van der Waals surface area (Å²) in [6, 6.07) is 19.4. The molecular weight excluding hydrogens is 607 g/mol. The molecule has 3 rings (SSSR count). The Balaban J connectivity index is 1.69. The number of amides is 1. The average molecular weight is 635 g/mol. The first kappa shape index (κ1) is 26.2. The van der Waals surface area contributed by atoms with Crippen molar-refractivity contribution < 1.29 is 14.3 Å². The lowest BCUT2D eigenvalue weighted by atomic mass is 9.87. The topological polar surface area (TPSA) is 59.9 Å². The van der Waals surface area contributed by atoms with Crippen molar-refractivity contribution in [3.63, 3.8) is 0 Å². The molecule has 0 atom stereocenters. The highest BCUT2D eigenvalue weighted by molar-refractivity contribution is 14.1. The molecule has 0 aliphatic heterocycles. The SMILES string of the molecule is CCOc1cc(/C=N\NC(=O)c2ccc(C(C)(C)C)cc2)cc(I)c1OCc1ccc(Br)cc1. The van der Waals surface area contributed by atoms with Crippen molar-refractivity contribution in [2.24, 2.45) is 5.10 Å². The summed E-state index contributed by atoms with van der Waals surface area (Å²) in [5, 5.41) is 4.13. The highest BCUT2D eigenvalue weighted by Crippen LogP contribution is 2.34. The third-order valence-electron chi connectivity index (χ3n) is 5.02. The summed E-state index contributed by atoms with van der Waals surface area (Å²) in [7, 11) is 0. The van der Waals surface area contributed by atoms with Gasteiger partial charge in [-0.2, -0.15) is 5.10 Å². The number of hydrogen-bond acceptors (Lipinski definition) is 4. The smallest absolute Gasteiger partial charge is 0.271 e. The number of hydrazone groups is 1. The second-order valence-electron chi connectivity index (χ2n) is 8.70. The Hall–Kier alpha value is -2.39. The summed E-state index contributed by atoms with van der Waals surface area (Å²) in [5.41, 5.74) is 6.23. The fraction of sp³-hybridized carbons (Fsp3) is 0.259. The standard InChI is InChI=1S/C27H28BrIN2O3/c1-5-33-24-15-19(14-23(29)25(24)34-17-18-6-12-22(28)13-7-18)16-30-31-26(32)20-8-10-21(11-9-20)27(2,3)4/h6-16H,5,17H2,1-4H3,(H,31,32)/b30-16-. The first-order valence-corrected chi connectivity index (χ1v) is 12.8. The number of carbonyl (C=O) groups excluding carboxylic acids is 1. The maximum atomic E-state index is 12.5. The van der Waals surface area contributed by atoms with E-state index in [1.807, 2.05) is 67.6 Å². The van der Waals surface area contributed by atoms with Crippen LogP contribution in [0.2, 0.25) is 0 Å². The van der Waals surface area contributed by atoms with Crippen LogP contribution in [0, 0.1) is 3.57 Å². The minimum absolute atomic E-state index is 0.0384. The second kappa shape index (κ2) is 11.8. The van der Waals surface area contributed by atoms with E-state index < -0.39 is 0 Å². The van der Waals surface area contributed by atoms with Gasteiger partial charge in [-0.1, -0.05) is 61.0 Å². The van der Waals surface area contributed by atoms with Crippen LogP contribution < -0.4 is 14.9 Å². The number of benzene rings is 3. The van der Waals surface area contributed by atoms with Gasteiger partial charge in [0.05, 0.1) is 16.4 Å². The summed E-state index contributed by atoms with van der Waals surface area (Å²) in [6.07, 6.45) is 1.60. The van der Waals surface area contributed by atoms with Gasteiger partial charge in [0.25, 0.3) is 5.91 Å². The minimum Gasteiger partial charge on any atom is -0.490 e. The Bertz CT molecular complexity index is 1150. The normalized spacial score (nSPS) is 11.5. The Morgan fingerprint density at radius 3 is 2.35 bits per heavy atom. The molecule has 0 aromatic heterocycles. The van der Waals surface area contributed by atoms with Crippen LogP contribution in [0.15, 0.2) is 70.2 Å². The lowest BCUT2D eigenvalue weighted by Crippen LogP contribution is -2.18. The highest BCUT2D eigenvalue weighted by atomic mass is 127. The number of hydrogen-bond donors (Lipinski definition) is 1. The molecule has 0 radical (unpaired) electrons. The summed E-state index contributed by atoms with van der Waals surface area (Å²) < 4.78 is 13.8. The van der Waals surface area contributed by atoms with Crippen LogP contribution in [0.5, 0.6) is 11.5 Å². The van der Waals surface area contributed by atoms with E-state index in [0.29, 0.717) is 30.3 Å². The largest absolute Gasteiger partial charge is 0.490 e. The minimum atomic E-state index is -0.258. The van der Waals surface area contributed by atoms with E-state index in [-0.39, 0.29) is 11.3 Å². The van der Waals surface area contributed by atoms with Crippen LogP contribution in [-0.4, -0.2) is 18.7 Å². The molecule has 1 amide bonds. The molecule has 0 saturated heterocycles. The van der Waals surface area contributed by atoms with Crippen molar-refractivity contribution in [1.29, 1.82) is 0 Å². The molecule has 0 unspecified atom stereocenters. The molecule has 0 spiro atoms. The molecule has 178 valence electrons. The van der Waals surface area contributed by atoms with E-state index in [2.05, 4.69) is 69.8 Å². The van der Waals surface area contributed by atoms with Crippen molar-refractivity contribution >= 4 is 50.6 Å². The first-order chi connectivity index (χ1) is 16.2. The van der Waals surface area contributed by atoms with E-state index in [1.54, 1.807) is 6.21 Å². The van der Waals surface area contributed by atoms with Gasteiger partial charge in [0.1, 0.15) is 6.61 Å². The molecule has 1 N–H and O–H groups in total. The van der Waals surface area contributed by atoms with Gasteiger partial charge in [0.2, 0.25) is 0 Å². The lowest BCUT2D eigenvalue weighted by Gasteiger charge is -2.18. The van der Waals surface area contributed by atoms with Crippen molar-refractivity contribution in [1.82, 2.24) is 5.43 Å². The second-order valence-corrected chi connectivity index (χ2v) is 10.8. The fourth-order valence-corrected chi connectivity index (χ4v) is 4.20. The van der Waals surface area contributed by atoms with Crippen molar-refractivity contribution in [2.45, 2.75) is 39.7 Å². The predicted molar refractivity (Wildman–Crippen MR) is 149 cm³/mol. The zero-order chi connectivity index (χ0) is 24.7. The molecular formula is C27H28BrIN2O3. The number of nitrogens with one attached hydrogen (secondary N) is 1. The molecule has 34 heavy (non-hydrogen) atoms. The van der Waals surface area contributed by atoms with Crippen LogP contribution in [0.1, 0.15) is 54.7 Å². The van der Waals surface area contributed by atoms with Gasteiger partial charge in [0, 0.05) is 10.0 Å². The molecule has 7 heteroatoms. The van der Waals surface area contributed by atoms with Gasteiger partial charge in [-0.25, -0.2) is 5.43 Å². The fourth-order valence-electron chi connectivity index (χ4n) is 3.15. The van der Waals surface area contributed by atoms with E-state index in [4.69, 9.17) is 9.47 Å². The van der Waals surface area contributed by atoms with E-state index in [9.17, 15) is 4.79 Å². The lowest BCUT2D eigenvalue weighted by molar-refractivity contribution is 0.0955.